The third kappa shape index (κ3) is 3.44. The Morgan fingerprint density at radius 2 is 2.18 bits per heavy atom. The molecule has 0 spiro atoms. The molecule has 1 unspecified atom stereocenters. The van der Waals surface area contributed by atoms with E-state index in [1.165, 1.54) is 0 Å². The second-order valence-electron chi connectivity index (χ2n) is 2.96. The molecule has 0 saturated heterocycles. The molecule has 0 heterocycles. The number of rotatable bonds is 4. The summed E-state index contributed by atoms with van der Waals surface area (Å²) in [6.07, 6.45) is -2.86. The Balaban J connectivity index is 3.19. The maximum atomic E-state index is 12.8. The van der Waals surface area contributed by atoms with Crippen molar-refractivity contribution in [3.63, 3.8) is 0 Å². The van der Waals surface area contributed by atoms with Gasteiger partial charge in [-0.1, -0.05) is 0 Å². The average Bonchev–Trinajstić information content (AvgIpc) is 2.25. The van der Waals surface area contributed by atoms with E-state index in [-0.39, 0.29) is 11.3 Å². The second-order valence-corrected chi connectivity index (χ2v) is 3.86. The number of alkyl halides is 2. The van der Waals surface area contributed by atoms with Crippen molar-refractivity contribution in [2.45, 2.75) is 6.43 Å². The number of hydrogen-bond acceptors (Lipinski definition) is 2. The van der Waals surface area contributed by atoms with Crippen LogP contribution < -0.4 is 4.31 Å². The Bertz CT molecular complexity index is 476. The minimum Gasteiger partial charge on any atom is -0.289 e. The minimum absolute atomic E-state index is 0.213. The van der Waals surface area contributed by atoms with E-state index >= 15 is 0 Å². The molecule has 4 nitrogen and oxygen atoms in total. The fourth-order valence-corrected chi connectivity index (χ4v) is 1.75. The predicted octanol–water partition coefficient (Wildman–Crippen LogP) is 1.91. The van der Waals surface area contributed by atoms with Gasteiger partial charge in [-0.2, -0.15) is 5.26 Å². The van der Waals surface area contributed by atoms with Crippen LogP contribution in [0.5, 0.6) is 0 Å². The maximum Gasteiger partial charge on any atom is 0.262 e. The molecule has 0 aliphatic carbocycles. The average molecular weight is 264 g/mol. The van der Waals surface area contributed by atoms with Crippen LogP contribution in [0.2, 0.25) is 0 Å². The summed E-state index contributed by atoms with van der Waals surface area (Å²) >= 11 is -2.71. The number of nitriles is 1. The highest BCUT2D eigenvalue weighted by Gasteiger charge is 2.20. The molecule has 0 fully saturated rings. The lowest BCUT2D eigenvalue weighted by Gasteiger charge is -2.20. The molecule has 92 valence electrons. The van der Waals surface area contributed by atoms with Crippen LogP contribution in [0.1, 0.15) is 5.56 Å². The molecular weight excluding hydrogens is 257 g/mol. The van der Waals surface area contributed by atoms with Crippen LogP contribution in [0.3, 0.4) is 0 Å². The van der Waals surface area contributed by atoms with E-state index in [4.69, 9.17) is 9.81 Å². The first-order chi connectivity index (χ1) is 7.95. The van der Waals surface area contributed by atoms with Crippen molar-refractivity contribution in [1.82, 2.24) is 0 Å². The van der Waals surface area contributed by atoms with Gasteiger partial charge in [-0.25, -0.2) is 17.4 Å². The lowest BCUT2D eigenvalue weighted by Crippen LogP contribution is -2.31. The molecule has 17 heavy (non-hydrogen) atoms. The van der Waals surface area contributed by atoms with Crippen molar-refractivity contribution in [2.75, 3.05) is 10.8 Å². The molecule has 1 aromatic rings. The molecule has 0 saturated carbocycles. The van der Waals surface area contributed by atoms with Gasteiger partial charge in [0.05, 0.1) is 17.8 Å². The van der Waals surface area contributed by atoms with Crippen LogP contribution in [0.4, 0.5) is 18.9 Å². The quantitative estimate of drug-likeness (QED) is 0.845. The molecule has 1 aromatic carbocycles. The molecule has 0 aromatic heterocycles. The maximum absolute atomic E-state index is 12.8. The SMILES string of the molecule is N#Cc1cc(F)ccc1N(CC(F)F)S(=O)O. The summed E-state index contributed by atoms with van der Waals surface area (Å²) in [7, 11) is 0. The van der Waals surface area contributed by atoms with E-state index in [1.807, 2.05) is 0 Å². The van der Waals surface area contributed by atoms with Crippen molar-refractivity contribution in [3.05, 3.63) is 29.6 Å². The Labute approximate surface area is 97.7 Å². The van der Waals surface area contributed by atoms with Crippen molar-refractivity contribution in [3.8, 4) is 6.07 Å². The molecule has 0 bridgehead atoms. The molecule has 0 aliphatic heterocycles. The summed E-state index contributed by atoms with van der Waals surface area (Å²) < 4.78 is 57.4. The Morgan fingerprint density at radius 1 is 1.53 bits per heavy atom. The van der Waals surface area contributed by atoms with E-state index in [2.05, 4.69) is 0 Å². The van der Waals surface area contributed by atoms with Crippen LogP contribution >= 0.6 is 0 Å². The van der Waals surface area contributed by atoms with E-state index < -0.39 is 30.1 Å². The Kier molecular flexibility index (Phi) is 4.48. The highest BCUT2D eigenvalue weighted by atomic mass is 32.2. The van der Waals surface area contributed by atoms with Crippen LogP contribution in [0.15, 0.2) is 18.2 Å². The van der Waals surface area contributed by atoms with E-state index in [9.17, 15) is 17.4 Å². The van der Waals surface area contributed by atoms with Gasteiger partial charge in [-0.3, -0.25) is 8.86 Å². The first kappa shape index (κ1) is 13.5. The summed E-state index contributed by atoms with van der Waals surface area (Å²) in [5, 5.41) is 8.70. The number of nitrogens with zero attached hydrogens (tertiary/aromatic N) is 2. The monoisotopic (exact) mass is 264 g/mol. The third-order valence-electron chi connectivity index (χ3n) is 1.84. The van der Waals surface area contributed by atoms with Gasteiger partial charge in [0.25, 0.3) is 17.7 Å². The minimum atomic E-state index is -2.86. The van der Waals surface area contributed by atoms with Crippen molar-refractivity contribution in [1.29, 1.82) is 5.26 Å². The topological polar surface area (TPSA) is 64.3 Å². The van der Waals surface area contributed by atoms with Crippen molar-refractivity contribution in [2.24, 2.45) is 0 Å². The number of benzene rings is 1. The zero-order chi connectivity index (χ0) is 13.0. The molecular formula is C9H7F3N2O2S. The van der Waals surface area contributed by atoms with Crippen molar-refractivity contribution >= 4 is 17.0 Å². The van der Waals surface area contributed by atoms with E-state index in [0.29, 0.717) is 4.31 Å². The number of halogens is 3. The van der Waals surface area contributed by atoms with Gasteiger partial charge in [0, 0.05) is 0 Å². The van der Waals surface area contributed by atoms with Gasteiger partial charge in [0.2, 0.25) is 0 Å². The summed E-state index contributed by atoms with van der Waals surface area (Å²) in [4.78, 5) is 0. The zero-order valence-electron chi connectivity index (χ0n) is 8.31. The largest absolute Gasteiger partial charge is 0.289 e. The smallest absolute Gasteiger partial charge is 0.262 e. The van der Waals surface area contributed by atoms with Gasteiger partial charge in [-0.15, -0.1) is 0 Å². The first-order valence-corrected chi connectivity index (χ1v) is 5.38. The molecule has 1 N–H and O–H groups in total. The van der Waals surface area contributed by atoms with Crippen molar-refractivity contribution < 1.29 is 21.9 Å². The summed E-state index contributed by atoms with van der Waals surface area (Å²) in [5.74, 6) is -0.731. The Hall–Kier alpha value is -1.59. The summed E-state index contributed by atoms with van der Waals surface area (Å²) in [5.41, 5.74) is -0.497. The second kappa shape index (κ2) is 5.65. The van der Waals surface area contributed by atoms with Gasteiger partial charge in [0.15, 0.2) is 0 Å². The number of anilines is 1. The molecule has 1 atom stereocenters. The van der Waals surface area contributed by atoms with Crippen LogP contribution in [-0.2, 0) is 11.3 Å². The van der Waals surface area contributed by atoms with Gasteiger partial charge >= 0.3 is 0 Å². The standard InChI is InChI=1S/C9H7F3N2O2S/c10-7-1-2-8(6(3-7)4-13)14(17(15)16)5-9(11)12/h1-3,9H,5H2,(H,15,16). The lowest BCUT2D eigenvalue weighted by molar-refractivity contribution is 0.159. The van der Waals surface area contributed by atoms with Gasteiger partial charge in [-0.05, 0) is 18.2 Å². The van der Waals surface area contributed by atoms with Gasteiger partial charge < -0.3 is 0 Å². The highest BCUT2D eigenvalue weighted by Crippen LogP contribution is 2.22. The molecule has 8 heteroatoms. The van der Waals surface area contributed by atoms with E-state index in [0.717, 1.165) is 18.2 Å². The lowest BCUT2D eigenvalue weighted by atomic mass is 10.2. The zero-order valence-corrected chi connectivity index (χ0v) is 9.13. The van der Waals surface area contributed by atoms with Crippen LogP contribution in [0, 0.1) is 17.1 Å². The molecule has 1 rings (SSSR count). The molecule has 0 amide bonds. The van der Waals surface area contributed by atoms with E-state index in [1.54, 1.807) is 6.07 Å². The normalized spacial score (nSPS) is 12.2. The summed E-state index contributed by atoms with van der Waals surface area (Å²) in [6.45, 7) is -1.02. The highest BCUT2D eigenvalue weighted by molar-refractivity contribution is 7.80. The fourth-order valence-electron chi connectivity index (χ4n) is 1.19. The van der Waals surface area contributed by atoms with Crippen LogP contribution in [0.25, 0.3) is 0 Å². The van der Waals surface area contributed by atoms with Gasteiger partial charge in [0.1, 0.15) is 11.9 Å². The molecule has 0 aliphatic rings. The van der Waals surface area contributed by atoms with Crippen LogP contribution in [-0.4, -0.2) is 21.7 Å². The fraction of sp³-hybridized carbons (Fsp3) is 0.222. The Morgan fingerprint density at radius 3 is 2.65 bits per heavy atom. The first-order valence-electron chi connectivity index (χ1n) is 4.32. The number of hydrogen-bond donors (Lipinski definition) is 1. The molecule has 0 radical (unpaired) electrons. The predicted molar refractivity (Wildman–Crippen MR) is 55.2 cm³/mol. The summed E-state index contributed by atoms with van der Waals surface area (Å²) in [6, 6.07) is 4.30. The third-order valence-corrected chi connectivity index (χ3v) is 2.56.